The highest BCUT2D eigenvalue weighted by molar-refractivity contribution is 9.11. The Morgan fingerprint density at radius 1 is 1.35 bits per heavy atom. The molecular weight excluding hydrogens is 452 g/mol. The van der Waals surface area contributed by atoms with Crippen LogP contribution in [0.3, 0.4) is 0 Å². The molecule has 5 N–H and O–H groups in total. The van der Waals surface area contributed by atoms with Crippen LogP contribution in [-0.4, -0.2) is 16.1 Å². The summed E-state index contributed by atoms with van der Waals surface area (Å²) in [5.74, 6) is -0.156. The average molecular weight is 460 g/mol. The monoisotopic (exact) mass is 458 g/mol. The van der Waals surface area contributed by atoms with Gasteiger partial charge in [-0.1, -0.05) is 0 Å². The second kappa shape index (κ2) is 5.95. The van der Waals surface area contributed by atoms with E-state index in [1.54, 1.807) is 17.5 Å². The van der Waals surface area contributed by atoms with E-state index in [2.05, 4.69) is 41.8 Å². The van der Waals surface area contributed by atoms with E-state index < -0.39 is 5.63 Å². The van der Waals surface area contributed by atoms with Gasteiger partial charge in [0.1, 0.15) is 10.2 Å². The van der Waals surface area contributed by atoms with Gasteiger partial charge in [0, 0.05) is 10.8 Å². The standard InChI is InChI=1S/C13H8Br2N4O3S/c14-6-2-4-1-5(7-3-23-13(18-7)19-12(16)17)11(21)22-10(4)8(15)9(6)20/h1-3,20H,(H4,16,17,18,19). The molecule has 2 heterocycles. The minimum Gasteiger partial charge on any atom is -0.505 e. The third-order valence-electron chi connectivity index (χ3n) is 2.89. The fourth-order valence-corrected chi connectivity index (χ4v) is 3.85. The van der Waals surface area contributed by atoms with Crippen molar-refractivity contribution in [2.24, 2.45) is 16.5 Å². The van der Waals surface area contributed by atoms with E-state index in [9.17, 15) is 9.90 Å². The number of rotatable bonds is 2. The quantitative estimate of drug-likeness (QED) is 0.307. The summed E-state index contributed by atoms with van der Waals surface area (Å²) in [5.41, 5.74) is 11.0. The number of aliphatic imine (C=N–C) groups is 1. The van der Waals surface area contributed by atoms with Crippen molar-refractivity contribution in [1.82, 2.24) is 4.98 Å². The number of phenols is 1. The Bertz CT molecular complexity index is 1010. The van der Waals surface area contributed by atoms with E-state index in [0.717, 1.165) is 0 Å². The van der Waals surface area contributed by atoms with E-state index >= 15 is 0 Å². The number of thiazole rings is 1. The lowest BCUT2D eigenvalue weighted by atomic mass is 10.1. The molecule has 118 valence electrons. The molecule has 0 atom stereocenters. The predicted octanol–water partition coefficient (Wildman–Crippen LogP) is 3.05. The molecule has 3 aromatic rings. The number of guanidine groups is 1. The highest BCUT2D eigenvalue weighted by Crippen LogP contribution is 2.39. The van der Waals surface area contributed by atoms with Gasteiger partial charge in [-0.15, -0.1) is 11.3 Å². The Hall–Kier alpha value is -1.91. The Kier molecular flexibility index (Phi) is 4.13. The summed E-state index contributed by atoms with van der Waals surface area (Å²) in [6.45, 7) is 0. The summed E-state index contributed by atoms with van der Waals surface area (Å²) in [5, 5.41) is 12.5. The molecular formula is C13H8Br2N4O3S. The van der Waals surface area contributed by atoms with E-state index in [-0.39, 0.29) is 22.9 Å². The van der Waals surface area contributed by atoms with Gasteiger partial charge in [0.15, 0.2) is 11.5 Å². The molecule has 0 saturated carbocycles. The summed E-state index contributed by atoms with van der Waals surface area (Å²) in [6.07, 6.45) is 0. The SMILES string of the molecule is NC(N)=Nc1nc(-c2cc3cc(Br)c(O)c(Br)c3oc2=O)cs1. The van der Waals surface area contributed by atoms with Crippen molar-refractivity contribution in [3.63, 3.8) is 0 Å². The largest absolute Gasteiger partial charge is 0.505 e. The van der Waals surface area contributed by atoms with Crippen molar-refractivity contribution in [3.8, 4) is 17.0 Å². The maximum absolute atomic E-state index is 12.2. The van der Waals surface area contributed by atoms with Gasteiger partial charge in [-0.3, -0.25) is 0 Å². The van der Waals surface area contributed by atoms with Gasteiger partial charge in [0.25, 0.3) is 0 Å². The number of aromatic nitrogens is 1. The Balaban J connectivity index is 2.21. The summed E-state index contributed by atoms with van der Waals surface area (Å²) in [7, 11) is 0. The fourth-order valence-electron chi connectivity index (χ4n) is 1.91. The topological polar surface area (TPSA) is 128 Å². The number of hydrogen-bond acceptors (Lipinski definition) is 6. The second-order valence-electron chi connectivity index (χ2n) is 4.44. The molecule has 0 radical (unpaired) electrons. The maximum atomic E-state index is 12.2. The second-order valence-corrected chi connectivity index (χ2v) is 6.92. The zero-order valence-corrected chi connectivity index (χ0v) is 15.2. The molecule has 0 saturated heterocycles. The first kappa shape index (κ1) is 16.0. The predicted molar refractivity (Wildman–Crippen MR) is 96.1 cm³/mol. The molecule has 2 aromatic heterocycles. The minimum absolute atomic E-state index is 0.0443. The summed E-state index contributed by atoms with van der Waals surface area (Å²) in [4.78, 5) is 20.2. The molecule has 0 bridgehead atoms. The Morgan fingerprint density at radius 2 is 2.09 bits per heavy atom. The van der Waals surface area contributed by atoms with E-state index in [0.29, 0.717) is 25.2 Å². The minimum atomic E-state index is -0.582. The third-order valence-corrected chi connectivity index (χ3v) is 4.96. The van der Waals surface area contributed by atoms with E-state index in [4.69, 9.17) is 15.9 Å². The molecule has 0 amide bonds. The lowest BCUT2D eigenvalue weighted by molar-refractivity contribution is 0.466. The molecule has 7 nitrogen and oxygen atoms in total. The molecule has 1 aromatic carbocycles. The number of nitrogens with two attached hydrogens (primary N) is 2. The summed E-state index contributed by atoms with van der Waals surface area (Å²) in [6, 6.07) is 3.27. The Morgan fingerprint density at radius 3 is 2.78 bits per heavy atom. The van der Waals surface area contributed by atoms with Crippen molar-refractivity contribution >= 4 is 65.3 Å². The van der Waals surface area contributed by atoms with Crippen LogP contribution in [0.4, 0.5) is 5.13 Å². The van der Waals surface area contributed by atoms with Gasteiger partial charge in [0.05, 0.1) is 15.7 Å². The number of fused-ring (bicyclic) bond motifs is 1. The molecule has 0 fully saturated rings. The lowest BCUT2D eigenvalue weighted by Crippen LogP contribution is -2.21. The number of halogens is 2. The van der Waals surface area contributed by atoms with Crippen molar-refractivity contribution in [2.45, 2.75) is 0 Å². The van der Waals surface area contributed by atoms with Gasteiger partial charge >= 0.3 is 5.63 Å². The van der Waals surface area contributed by atoms with Crippen molar-refractivity contribution < 1.29 is 9.52 Å². The van der Waals surface area contributed by atoms with Crippen molar-refractivity contribution in [1.29, 1.82) is 0 Å². The van der Waals surface area contributed by atoms with Crippen LogP contribution < -0.4 is 17.1 Å². The number of hydrogen-bond donors (Lipinski definition) is 3. The maximum Gasteiger partial charge on any atom is 0.345 e. The molecule has 0 unspecified atom stereocenters. The first-order valence-corrected chi connectivity index (χ1v) is 8.53. The zero-order chi connectivity index (χ0) is 16.7. The van der Waals surface area contributed by atoms with Crippen LogP contribution >= 0.6 is 43.2 Å². The molecule has 10 heteroatoms. The first-order chi connectivity index (χ1) is 10.9. The van der Waals surface area contributed by atoms with E-state index in [1.165, 1.54) is 11.3 Å². The lowest BCUT2D eigenvalue weighted by Gasteiger charge is -2.05. The summed E-state index contributed by atoms with van der Waals surface area (Å²) < 4.78 is 6.07. The van der Waals surface area contributed by atoms with Crippen LogP contribution in [0.2, 0.25) is 0 Å². The van der Waals surface area contributed by atoms with Crippen LogP contribution in [-0.2, 0) is 0 Å². The van der Waals surface area contributed by atoms with Gasteiger partial charge in [0.2, 0.25) is 5.13 Å². The number of benzene rings is 1. The highest BCUT2D eigenvalue weighted by Gasteiger charge is 2.16. The normalized spacial score (nSPS) is 10.9. The van der Waals surface area contributed by atoms with Crippen LogP contribution in [0.1, 0.15) is 0 Å². The third kappa shape index (κ3) is 2.96. The number of aromatic hydroxyl groups is 1. The van der Waals surface area contributed by atoms with Gasteiger partial charge in [-0.05, 0) is 44.0 Å². The van der Waals surface area contributed by atoms with Crippen LogP contribution in [0.25, 0.3) is 22.2 Å². The molecule has 3 rings (SSSR count). The first-order valence-electron chi connectivity index (χ1n) is 6.07. The number of phenolic OH excluding ortho intramolecular Hbond substituents is 1. The molecule has 0 aliphatic carbocycles. The van der Waals surface area contributed by atoms with Crippen molar-refractivity contribution in [3.05, 3.63) is 36.9 Å². The van der Waals surface area contributed by atoms with Crippen LogP contribution in [0.15, 0.2) is 40.7 Å². The Labute approximate surface area is 149 Å². The van der Waals surface area contributed by atoms with E-state index in [1.807, 2.05) is 0 Å². The number of nitrogens with zero attached hydrogens (tertiary/aromatic N) is 2. The zero-order valence-electron chi connectivity index (χ0n) is 11.2. The van der Waals surface area contributed by atoms with Gasteiger partial charge < -0.3 is 21.0 Å². The fraction of sp³-hybridized carbons (Fsp3) is 0. The van der Waals surface area contributed by atoms with Gasteiger partial charge in [-0.25, -0.2) is 9.78 Å². The van der Waals surface area contributed by atoms with Crippen LogP contribution in [0.5, 0.6) is 5.75 Å². The average Bonchev–Trinajstić information content (AvgIpc) is 2.93. The molecule has 0 spiro atoms. The van der Waals surface area contributed by atoms with Crippen molar-refractivity contribution in [2.75, 3.05) is 0 Å². The molecule has 0 aliphatic heterocycles. The molecule has 23 heavy (non-hydrogen) atoms. The highest BCUT2D eigenvalue weighted by atomic mass is 79.9. The van der Waals surface area contributed by atoms with Gasteiger partial charge in [-0.2, -0.15) is 4.99 Å². The molecule has 0 aliphatic rings. The van der Waals surface area contributed by atoms with Crippen LogP contribution in [0, 0.1) is 0 Å². The summed E-state index contributed by atoms with van der Waals surface area (Å²) >= 11 is 7.64. The smallest absolute Gasteiger partial charge is 0.345 e.